The van der Waals surface area contributed by atoms with E-state index >= 15 is 0 Å². The van der Waals surface area contributed by atoms with Gasteiger partial charge in [-0.3, -0.25) is 0 Å². The summed E-state index contributed by atoms with van der Waals surface area (Å²) in [5, 5.41) is 4.70. The Bertz CT molecular complexity index is 508. The van der Waals surface area contributed by atoms with Crippen LogP contribution in [0.4, 0.5) is 0 Å². The molecule has 1 heterocycles. The fourth-order valence-corrected chi connectivity index (χ4v) is 1.91. The Kier molecular flexibility index (Phi) is 4.05. The summed E-state index contributed by atoms with van der Waals surface area (Å²) in [5.41, 5.74) is 1.15. The third kappa shape index (κ3) is 3.22. The number of imidazole rings is 1. The number of nitrogens with zero attached hydrogens (tertiary/aromatic N) is 2. The van der Waals surface area contributed by atoms with Crippen molar-refractivity contribution in [1.29, 1.82) is 0 Å². The minimum absolute atomic E-state index is 0.643. The minimum atomic E-state index is 0.643. The van der Waals surface area contributed by atoms with Gasteiger partial charge < -0.3 is 9.88 Å². The monoisotopic (exact) mass is 269 g/mol. The van der Waals surface area contributed by atoms with Crippen molar-refractivity contribution in [2.45, 2.75) is 13.1 Å². The second-order valence-corrected chi connectivity index (χ2v) is 4.61. The molecule has 0 aliphatic rings. The molecule has 0 atom stereocenters. The summed E-state index contributed by atoms with van der Waals surface area (Å²) in [5.74, 6) is 0.914. The SMILES string of the molecule is Cn1c(Cl)cnc1CNCc1cccc(Cl)c1. The standard InChI is InChI=1S/C12H13Cl2N3/c1-17-11(14)7-16-12(17)8-15-6-9-3-2-4-10(13)5-9/h2-5,7,15H,6,8H2,1H3. The molecule has 0 aliphatic carbocycles. The molecule has 90 valence electrons. The first-order valence-corrected chi connectivity index (χ1v) is 6.03. The van der Waals surface area contributed by atoms with E-state index in [0.717, 1.165) is 23.0 Å². The molecule has 0 aliphatic heterocycles. The van der Waals surface area contributed by atoms with E-state index in [-0.39, 0.29) is 0 Å². The molecule has 0 unspecified atom stereocenters. The first kappa shape index (κ1) is 12.4. The maximum atomic E-state index is 5.91. The maximum Gasteiger partial charge on any atom is 0.128 e. The van der Waals surface area contributed by atoms with Crippen molar-refractivity contribution in [1.82, 2.24) is 14.9 Å². The van der Waals surface area contributed by atoms with E-state index < -0.39 is 0 Å². The van der Waals surface area contributed by atoms with Crippen LogP contribution in [-0.2, 0) is 20.1 Å². The van der Waals surface area contributed by atoms with E-state index in [1.54, 1.807) is 6.20 Å². The Morgan fingerprint density at radius 3 is 2.76 bits per heavy atom. The molecule has 0 spiro atoms. The van der Waals surface area contributed by atoms with Crippen LogP contribution in [0.15, 0.2) is 30.5 Å². The largest absolute Gasteiger partial charge is 0.321 e. The zero-order chi connectivity index (χ0) is 12.3. The van der Waals surface area contributed by atoms with Gasteiger partial charge in [0.25, 0.3) is 0 Å². The third-order valence-corrected chi connectivity index (χ3v) is 3.12. The smallest absolute Gasteiger partial charge is 0.128 e. The molecule has 0 saturated carbocycles. The first-order valence-electron chi connectivity index (χ1n) is 5.28. The van der Waals surface area contributed by atoms with E-state index in [2.05, 4.69) is 10.3 Å². The lowest BCUT2D eigenvalue weighted by molar-refractivity contribution is 0.639. The molecule has 0 saturated heterocycles. The maximum absolute atomic E-state index is 5.91. The molecule has 0 amide bonds. The van der Waals surface area contributed by atoms with Crippen LogP contribution in [-0.4, -0.2) is 9.55 Å². The average molecular weight is 270 g/mol. The molecule has 3 nitrogen and oxygen atoms in total. The van der Waals surface area contributed by atoms with Crippen molar-refractivity contribution in [2.75, 3.05) is 0 Å². The van der Waals surface area contributed by atoms with E-state index in [1.165, 1.54) is 0 Å². The predicted molar refractivity (Wildman–Crippen MR) is 70.2 cm³/mol. The average Bonchev–Trinajstić information content (AvgIpc) is 2.61. The van der Waals surface area contributed by atoms with Crippen LogP contribution in [0.1, 0.15) is 11.4 Å². The van der Waals surface area contributed by atoms with Crippen LogP contribution < -0.4 is 5.32 Å². The van der Waals surface area contributed by atoms with Gasteiger partial charge in [-0.05, 0) is 17.7 Å². The van der Waals surface area contributed by atoms with Crippen LogP contribution in [0.3, 0.4) is 0 Å². The fraction of sp³-hybridized carbons (Fsp3) is 0.250. The second kappa shape index (κ2) is 5.54. The van der Waals surface area contributed by atoms with Crippen LogP contribution in [0.25, 0.3) is 0 Å². The molecule has 5 heteroatoms. The summed E-state index contributed by atoms with van der Waals surface area (Å²) in [7, 11) is 1.89. The van der Waals surface area contributed by atoms with Crippen LogP contribution in [0.5, 0.6) is 0 Å². The predicted octanol–water partition coefficient (Wildman–Crippen LogP) is 3.02. The Balaban J connectivity index is 1.90. The van der Waals surface area contributed by atoms with Gasteiger partial charge in [0, 0.05) is 18.6 Å². The summed E-state index contributed by atoms with van der Waals surface area (Å²) in [4.78, 5) is 4.21. The normalized spacial score (nSPS) is 10.8. The molecule has 1 N–H and O–H groups in total. The number of aromatic nitrogens is 2. The van der Waals surface area contributed by atoms with Crippen LogP contribution in [0, 0.1) is 0 Å². The molecule has 2 aromatic rings. The van der Waals surface area contributed by atoms with Gasteiger partial charge in [0.15, 0.2) is 0 Å². The van der Waals surface area contributed by atoms with Crippen molar-refractivity contribution in [3.05, 3.63) is 52.0 Å². The van der Waals surface area contributed by atoms with Gasteiger partial charge in [-0.25, -0.2) is 4.98 Å². The lowest BCUT2D eigenvalue weighted by Gasteiger charge is -2.05. The molecule has 0 bridgehead atoms. The number of halogens is 2. The Hall–Kier alpha value is -1.03. The van der Waals surface area contributed by atoms with Gasteiger partial charge in [0.05, 0.1) is 12.7 Å². The highest BCUT2D eigenvalue weighted by Gasteiger charge is 2.03. The van der Waals surface area contributed by atoms with E-state index in [1.807, 2.05) is 35.9 Å². The summed E-state index contributed by atoms with van der Waals surface area (Å²) >= 11 is 11.8. The number of hydrogen-bond donors (Lipinski definition) is 1. The van der Waals surface area contributed by atoms with Crippen LogP contribution >= 0.6 is 23.2 Å². The second-order valence-electron chi connectivity index (χ2n) is 3.79. The van der Waals surface area contributed by atoms with E-state index in [4.69, 9.17) is 23.2 Å². The van der Waals surface area contributed by atoms with Crippen molar-refractivity contribution in [2.24, 2.45) is 7.05 Å². The van der Waals surface area contributed by atoms with Gasteiger partial charge in [0.1, 0.15) is 11.0 Å². The third-order valence-electron chi connectivity index (χ3n) is 2.53. The summed E-state index contributed by atoms with van der Waals surface area (Å²) in [6.45, 7) is 1.43. The number of nitrogens with one attached hydrogen (secondary N) is 1. The summed E-state index contributed by atoms with van der Waals surface area (Å²) < 4.78 is 1.85. The van der Waals surface area contributed by atoms with Gasteiger partial charge in [-0.1, -0.05) is 35.3 Å². The Morgan fingerprint density at radius 1 is 1.29 bits per heavy atom. The lowest BCUT2D eigenvalue weighted by Crippen LogP contribution is -2.15. The van der Waals surface area contributed by atoms with Crippen molar-refractivity contribution < 1.29 is 0 Å². The highest BCUT2D eigenvalue weighted by molar-refractivity contribution is 6.30. The quantitative estimate of drug-likeness (QED) is 0.925. The molecule has 17 heavy (non-hydrogen) atoms. The minimum Gasteiger partial charge on any atom is -0.321 e. The molecule has 1 aromatic heterocycles. The first-order chi connectivity index (χ1) is 8.16. The summed E-state index contributed by atoms with van der Waals surface area (Å²) in [6.07, 6.45) is 1.65. The van der Waals surface area contributed by atoms with Crippen molar-refractivity contribution in [3.8, 4) is 0 Å². The van der Waals surface area contributed by atoms with E-state index in [9.17, 15) is 0 Å². The Morgan fingerprint density at radius 2 is 2.12 bits per heavy atom. The topological polar surface area (TPSA) is 29.9 Å². The molecule has 2 rings (SSSR count). The van der Waals surface area contributed by atoms with Gasteiger partial charge >= 0.3 is 0 Å². The summed E-state index contributed by atoms with van der Waals surface area (Å²) in [6, 6.07) is 7.78. The highest BCUT2D eigenvalue weighted by Crippen LogP contribution is 2.11. The van der Waals surface area contributed by atoms with Crippen molar-refractivity contribution in [3.63, 3.8) is 0 Å². The number of benzene rings is 1. The fourth-order valence-electron chi connectivity index (χ4n) is 1.55. The number of rotatable bonds is 4. The molecular weight excluding hydrogens is 257 g/mol. The molecule has 1 aromatic carbocycles. The van der Waals surface area contributed by atoms with Gasteiger partial charge in [-0.2, -0.15) is 0 Å². The lowest BCUT2D eigenvalue weighted by atomic mass is 10.2. The number of hydrogen-bond acceptors (Lipinski definition) is 2. The zero-order valence-corrected chi connectivity index (χ0v) is 11.0. The van der Waals surface area contributed by atoms with Gasteiger partial charge in [-0.15, -0.1) is 0 Å². The van der Waals surface area contributed by atoms with Crippen molar-refractivity contribution >= 4 is 23.2 Å². The molecule has 0 radical (unpaired) electrons. The molecule has 0 fully saturated rings. The zero-order valence-electron chi connectivity index (χ0n) is 9.45. The Labute approximate surface area is 110 Å². The van der Waals surface area contributed by atoms with Crippen LogP contribution in [0.2, 0.25) is 10.2 Å². The highest BCUT2D eigenvalue weighted by atomic mass is 35.5. The van der Waals surface area contributed by atoms with E-state index in [0.29, 0.717) is 11.7 Å². The molecular formula is C12H13Cl2N3. The van der Waals surface area contributed by atoms with Gasteiger partial charge in [0.2, 0.25) is 0 Å².